The van der Waals surface area contributed by atoms with Crippen LogP contribution in [0.1, 0.15) is 25.3 Å². The lowest BCUT2D eigenvalue weighted by atomic mass is 9.93. The van der Waals surface area contributed by atoms with Gasteiger partial charge in [0.25, 0.3) is 0 Å². The van der Waals surface area contributed by atoms with Crippen molar-refractivity contribution in [3.8, 4) is 11.5 Å². The van der Waals surface area contributed by atoms with Crippen molar-refractivity contribution in [2.45, 2.75) is 25.8 Å². The molecule has 2 aliphatic rings. The molecule has 2 amide bonds. The predicted molar refractivity (Wildman–Crippen MR) is 89.7 cm³/mol. The van der Waals surface area contributed by atoms with E-state index >= 15 is 0 Å². The van der Waals surface area contributed by atoms with Gasteiger partial charge in [0, 0.05) is 18.7 Å². The number of benzene rings is 1. The maximum absolute atomic E-state index is 12.5. The lowest BCUT2D eigenvalue weighted by molar-refractivity contribution is -0.133. The van der Waals surface area contributed by atoms with Crippen LogP contribution in [0.25, 0.3) is 6.08 Å². The molecule has 1 saturated heterocycles. The molecule has 6 nitrogen and oxygen atoms in total. The van der Waals surface area contributed by atoms with Crippen LogP contribution in [0.4, 0.5) is 0 Å². The Hall–Kier alpha value is -2.21. The molecule has 0 unspecified atom stereocenters. The molecule has 1 aromatic carbocycles. The van der Waals surface area contributed by atoms with E-state index in [9.17, 15) is 9.59 Å². The van der Waals surface area contributed by atoms with Crippen molar-refractivity contribution in [2.24, 2.45) is 11.7 Å². The van der Waals surface area contributed by atoms with Crippen LogP contribution in [0, 0.1) is 5.92 Å². The lowest BCUT2D eigenvalue weighted by Crippen LogP contribution is -2.48. The van der Waals surface area contributed by atoms with Gasteiger partial charge in [-0.3, -0.25) is 9.59 Å². The van der Waals surface area contributed by atoms with E-state index in [0.29, 0.717) is 23.1 Å². The summed E-state index contributed by atoms with van der Waals surface area (Å²) in [6, 6.07) is 3.56. The molecule has 24 heavy (non-hydrogen) atoms. The van der Waals surface area contributed by atoms with E-state index in [1.807, 2.05) is 6.92 Å². The Bertz CT molecular complexity index is 704. The minimum Gasteiger partial charge on any atom is -0.454 e. The third-order valence-corrected chi connectivity index (χ3v) is 4.72. The Morgan fingerprint density at radius 1 is 1.33 bits per heavy atom. The number of carbonyl (C=O) groups excluding carboxylic acids is 2. The van der Waals surface area contributed by atoms with Crippen molar-refractivity contribution in [2.75, 3.05) is 13.3 Å². The number of hydrogen-bond donors (Lipinski definition) is 1. The molecule has 2 heterocycles. The van der Waals surface area contributed by atoms with Crippen LogP contribution in [0.15, 0.2) is 18.2 Å². The number of primary amides is 1. The van der Waals surface area contributed by atoms with Gasteiger partial charge in [-0.05, 0) is 43.5 Å². The number of fused-ring (bicyclic) bond motifs is 1. The van der Waals surface area contributed by atoms with Crippen molar-refractivity contribution in [3.63, 3.8) is 0 Å². The maximum Gasteiger partial charge on any atom is 0.246 e. The zero-order valence-corrected chi connectivity index (χ0v) is 14.1. The molecule has 0 aliphatic carbocycles. The fourth-order valence-electron chi connectivity index (χ4n) is 2.99. The zero-order chi connectivity index (χ0) is 17.3. The molecular weight excluding hydrogens is 332 g/mol. The number of halogens is 1. The van der Waals surface area contributed by atoms with Crippen molar-refractivity contribution in [1.82, 2.24) is 4.90 Å². The number of ether oxygens (including phenoxy) is 2. The van der Waals surface area contributed by atoms with E-state index < -0.39 is 0 Å². The summed E-state index contributed by atoms with van der Waals surface area (Å²) in [4.78, 5) is 25.5. The van der Waals surface area contributed by atoms with Crippen molar-refractivity contribution >= 4 is 29.5 Å². The van der Waals surface area contributed by atoms with E-state index in [1.165, 1.54) is 6.08 Å². The third-order valence-electron chi connectivity index (χ3n) is 4.44. The Morgan fingerprint density at radius 2 is 2.12 bits per heavy atom. The van der Waals surface area contributed by atoms with E-state index in [4.69, 9.17) is 26.8 Å². The summed E-state index contributed by atoms with van der Waals surface area (Å²) < 4.78 is 10.6. The summed E-state index contributed by atoms with van der Waals surface area (Å²) in [6.07, 6.45) is 4.65. The van der Waals surface area contributed by atoms with Crippen LogP contribution in [0.5, 0.6) is 11.5 Å². The maximum atomic E-state index is 12.5. The predicted octanol–water partition coefficient (Wildman–Crippen LogP) is 2.19. The molecular formula is C17H19ClN2O4. The fourth-order valence-corrected chi connectivity index (χ4v) is 3.27. The second kappa shape index (κ2) is 6.73. The van der Waals surface area contributed by atoms with Crippen molar-refractivity contribution < 1.29 is 19.1 Å². The largest absolute Gasteiger partial charge is 0.454 e. The first-order valence-corrected chi connectivity index (χ1v) is 8.20. The normalized spacial score (nSPS) is 22.8. The third kappa shape index (κ3) is 3.33. The molecule has 1 aromatic rings. The standard InChI is InChI=1S/C17H19ClN2O4/c1-10-2-4-12(17(19)22)8-20(10)15(21)5-3-11-6-13(18)16-14(7-11)23-9-24-16/h3,5-7,10,12H,2,4,8-9H2,1H3,(H2,19,22)/b5-3+/t10-,12+/m1/s1. The molecule has 0 spiro atoms. The molecule has 2 aliphatic heterocycles. The van der Waals surface area contributed by atoms with E-state index in [0.717, 1.165) is 18.4 Å². The topological polar surface area (TPSA) is 81.9 Å². The highest BCUT2D eigenvalue weighted by Crippen LogP contribution is 2.40. The summed E-state index contributed by atoms with van der Waals surface area (Å²) in [6.45, 7) is 2.48. The smallest absolute Gasteiger partial charge is 0.246 e. The first-order chi connectivity index (χ1) is 11.5. The molecule has 0 saturated carbocycles. The molecule has 0 bridgehead atoms. The average Bonchev–Trinajstić information content (AvgIpc) is 3.02. The van der Waals surface area contributed by atoms with E-state index in [1.54, 1.807) is 23.1 Å². The number of likely N-dealkylation sites (tertiary alicyclic amines) is 1. The minimum atomic E-state index is -0.355. The van der Waals surface area contributed by atoms with Crippen LogP contribution < -0.4 is 15.2 Å². The van der Waals surface area contributed by atoms with Gasteiger partial charge < -0.3 is 20.1 Å². The molecule has 128 valence electrons. The van der Waals surface area contributed by atoms with Gasteiger partial charge in [-0.15, -0.1) is 0 Å². The highest BCUT2D eigenvalue weighted by atomic mass is 35.5. The molecule has 3 rings (SSSR count). The highest BCUT2D eigenvalue weighted by molar-refractivity contribution is 6.32. The molecule has 7 heteroatoms. The lowest BCUT2D eigenvalue weighted by Gasteiger charge is -2.36. The first-order valence-electron chi connectivity index (χ1n) is 7.83. The number of amides is 2. The summed E-state index contributed by atoms with van der Waals surface area (Å²) >= 11 is 6.13. The number of piperidine rings is 1. The van der Waals surface area contributed by atoms with Gasteiger partial charge in [0.2, 0.25) is 18.6 Å². The van der Waals surface area contributed by atoms with Gasteiger partial charge in [-0.1, -0.05) is 11.6 Å². The van der Waals surface area contributed by atoms with Gasteiger partial charge in [0.05, 0.1) is 10.9 Å². The molecule has 0 radical (unpaired) electrons. The average molecular weight is 351 g/mol. The van der Waals surface area contributed by atoms with Gasteiger partial charge in [-0.2, -0.15) is 0 Å². The Kier molecular flexibility index (Phi) is 4.66. The molecule has 2 atom stereocenters. The summed E-state index contributed by atoms with van der Waals surface area (Å²) in [5.41, 5.74) is 6.12. The Balaban J connectivity index is 1.73. The van der Waals surface area contributed by atoms with Gasteiger partial charge in [0.15, 0.2) is 11.5 Å². The van der Waals surface area contributed by atoms with Crippen LogP contribution in [-0.2, 0) is 9.59 Å². The number of nitrogens with zero attached hydrogens (tertiary/aromatic N) is 1. The molecule has 2 N–H and O–H groups in total. The Morgan fingerprint density at radius 3 is 2.88 bits per heavy atom. The minimum absolute atomic E-state index is 0.0816. The van der Waals surface area contributed by atoms with Gasteiger partial charge >= 0.3 is 0 Å². The highest BCUT2D eigenvalue weighted by Gasteiger charge is 2.30. The van der Waals surface area contributed by atoms with Crippen LogP contribution in [0.2, 0.25) is 5.02 Å². The summed E-state index contributed by atoms with van der Waals surface area (Å²) in [5, 5.41) is 0.442. The summed E-state index contributed by atoms with van der Waals surface area (Å²) in [7, 11) is 0. The number of nitrogens with two attached hydrogens (primary N) is 1. The van der Waals surface area contributed by atoms with Crippen LogP contribution >= 0.6 is 11.6 Å². The SMILES string of the molecule is C[C@@H]1CC[C@H](C(N)=O)CN1C(=O)/C=C/c1cc(Cl)c2c(c1)OCO2. The first kappa shape index (κ1) is 16.6. The number of hydrogen-bond acceptors (Lipinski definition) is 4. The second-order valence-electron chi connectivity index (χ2n) is 6.09. The fraction of sp³-hybridized carbons (Fsp3) is 0.412. The van der Waals surface area contributed by atoms with E-state index in [2.05, 4.69) is 0 Å². The Labute approximate surface area is 145 Å². The van der Waals surface area contributed by atoms with Crippen molar-refractivity contribution in [3.05, 3.63) is 28.8 Å². The van der Waals surface area contributed by atoms with Crippen LogP contribution in [0.3, 0.4) is 0 Å². The quantitative estimate of drug-likeness (QED) is 0.847. The van der Waals surface area contributed by atoms with Crippen molar-refractivity contribution in [1.29, 1.82) is 0 Å². The number of rotatable bonds is 3. The van der Waals surface area contributed by atoms with Gasteiger partial charge in [0.1, 0.15) is 0 Å². The monoisotopic (exact) mass is 350 g/mol. The molecule has 1 fully saturated rings. The van der Waals surface area contributed by atoms with Gasteiger partial charge in [-0.25, -0.2) is 0 Å². The zero-order valence-electron chi connectivity index (χ0n) is 13.3. The second-order valence-corrected chi connectivity index (χ2v) is 6.49. The molecule has 0 aromatic heterocycles. The number of carbonyl (C=O) groups is 2. The summed E-state index contributed by atoms with van der Waals surface area (Å²) in [5.74, 6) is 0.302. The van der Waals surface area contributed by atoms with E-state index in [-0.39, 0.29) is 30.6 Å². The van der Waals surface area contributed by atoms with Crippen LogP contribution in [-0.4, -0.2) is 36.1 Å².